The summed E-state index contributed by atoms with van der Waals surface area (Å²) in [5, 5.41) is 9.69. The van der Waals surface area contributed by atoms with E-state index in [4.69, 9.17) is 0 Å². The number of para-hydroxylation sites is 1. The Balaban J connectivity index is 1.80. The van der Waals surface area contributed by atoms with Gasteiger partial charge >= 0.3 is 0 Å². The minimum absolute atomic E-state index is 0.166. The van der Waals surface area contributed by atoms with Gasteiger partial charge < -0.3 is 10.6 Å². The molecule has 0 unspecified atom stereocenters. The molecule has 0 bridgehead atoms. The van der Waals surface area contributed by atoms with Gasteiger partial charge in [-0.05, 0) is 29.8 Å². The molecule has 1 aromatic heterocycles. The van der Waals surface area contributed by atoms with Crippen molar-refractivity contribution in [2.75, 3.05) is 5.32 Å². The van der Waals surface area contributed by atoms with Gasteiger partial charge in [-0.3, -0.25) is 9.59 Å². The van der Waals surface area contributed by atoms with E-state index in [1.165, 1.54) is 29.8 Å². The van der Waals surface area contributed by atoms with Crippen LogP contribution in [0.3, 0.4) is 0 Å². The van der Waals surface area contributed by atoms with E-state index >= 15 is 0 Å². The zero-order chi connectivity index (χ0) is 18.5. The summed E-state index contributed by atoms with van der Waals surface area (Å²) in [4.78, 5) is 23.8. The number of nitrogens with zero attached hydrogens (tertiary/aromatic N) is 2. The number of hydrogen-bond acceptors (Lipinski definition) is 3. The molecule has 132 valence electrons. The largest absolute Gasteiger partial charge is 0.347 e. The maximum atomic E-state index is 12.9. The van der Waals surface area contributed by atoms with Gasteiger partial charge in [0, 0.05) is 19.5 Å². The highest BCUT2D eigenvalue weighted by Gasteiger charge is 2.16. The molecule has 2 aromatic carbocycles. The van der Waals surface area contributed by atoms with Crippen LogP contribution in [0.1, 0.15) is 23.0 Å². The van der Waals surface area contributed by atoms with Gasteiger partial charge in [-0.15, -0.1) is 0 Å². The third-order valence-corrected chi connectivity index (χ3v) is 3.61. The first kappa shape index (κ1) is 17.3. The Bertz CT molecular complexity index is 920. The van der Waals surface area contributed by atoms with Crippen LogP contribution in [0.15, 0.2) is 60.7 Å². The van der Waals surface area contributed by atoms with E-state index in [1.807, 2.05) is 30.3 Å². The summed E-state index contributed by atoms with van der Waals surface area (Å²) >= 11 is 0. The van der Waals surface area contributed by atoms with Crippen molar-refractivity contribution < 1.29 is 14.0 Å². The summed E-state index contributed by atoms with van der Waals surface area (Å²) in [5.41, 5.74) is 1.65. The molecule has 0 aliphatic rings. The van der Waals surface area contributed by atoms with Crippen LogP contribution in [0.25, 0.3) is 5.69 Å². The average molecular weight is 352 g/mol. The Morgan fingerprint density at radius 1 is 1.08 bits per heavy atom. The van der Waals surface area contributed by atoms with Gasteiger partial charge in [0.2, 0.25) is 5.91 Å². The number of carbonyl (C=O) groups is 2. The van der Waals surface area contributed by atoms with Gasteiger partial charge in [0.1, 0.15) is 11.6 Å². The van der Waals surface area contributed by atoms with Gasteiger partial charge in [-0.1, -0.05) is 30.3 Å². The van der Waals surface area contributed by atoms with Crippen LogP contribution in [0, 0.1) is 5.82 Å². The number of nitrogens with one attached hydrogen (secondary N) is 2. The zero-order valence-corrected chi connectivity index (χ0v) is 14.1. The number of benzene rings is 2. The van der Waals surface area contributed by atoms with Crippen LogP contribution in [-0.4, -0.2) is 21.6 Å². The maximum Gasteiger partial charge on any atom is 0.272 e. The molecule has 3 aromatic rings. The fourth-order valence-corrected chi connectivity index (χ4v) is 2.40. The Morgan fingerprint density at radius 2 is 1.77 bits per heavy atom. The van der Waals surface area contributed by atoms with E-state index in [1.54, 1.807) is 12.1 Å². The second-order valence-electron chi connectivity index (χ2n) is 5.65. The third-order valence-electron chi connectivity index (χ3n) is 3.61. The highest BCUT2D eigenvalue weighted by atomic mass is 19.1. The van der Waals surface area contributed by atoms with Crippen molar-refractivity contribution in [3.8, 4) is 5.69 Å². The normalized spacial score (nSPS) is 10.4. The second-order valence-corrected chi connectivity index (χ2v) is 5.65. The van der Waals surface area contributed by atoms with Crippen LogP contribution >= 0.6 is 0 Å². The lowest BCUT2D eigenvalue weighted by Gasteiger charge is -2.06. The third kappa shape index (κ3) is 4.13. The molecule has 26 heavy (non-hydrogen) atoms. The molecule has 6 nitrogen and oxygen atoms in total. The molecule has 0 saturated heterocycles. The quantitative estimate of drug-likeness (QED) is 0.741. The van der Waals surface area contributed by atoms with Gasteiger partial charge in [0.05, 0.1) is 5.69 Å². The smallest absolute Gasteiger partial charge is 0.272 e. The van der Waals surface area contributed by atoms with Crippen molar-refractivity contribution >= 4 is 17.6 Å². The monoisotopic (exact) mass is 352 g/mol. The number of anilines is 1. The van der Waals surface area contributed by atoms with Crippen molar-refractivity contribution in [2.24, 2.45) is 0 Å². The lowest BCUT2D eigenvalue weighted by atomic mass is 10.2. The minimum Gasteiger partial charge on any atom is -0.347 e. The summed E-state index contributed by atoms with van der Waals surface area (Å²) in [6, 6.07) is 16.5. The van der Waals surface area contributed by atoms with E-state index in [2.05, 4.69) is 15.7 Å². The van der Waals surface area contributed by atoms with Crippen molar-refractivity contribution in [3.63, 3.8) is 0 Å². The van der Waals surface area contributed by atoms with Crippen LogP contribution < -0.4 is 10.6 Å². The molecule has 0 aliphatic heterocycles. The maximum absolute atomic E-state index is 12.9. The molecule has 0 aliphatic carbocycles. The topological polar surface area (TPSA) is 76.0 Å². The molecule has 7 heteroatoms. The molecule has 0 atom stereocenters. The van der Waals surface area contributed by atoms with Crippen molar-refractivity contribution in [3.05, 3.63) is 77.7 Å². The number of amides is 2. The van der Waals surface area contributed by atoms with Gasteiger partial charge in [0.25, 0.3) is 5.91 Å². The van der Waals surface area contributed by atoms with Crippen molar-refractivity contribution in [1.82, 2.24) is 15.1 Å². The van der Waals surface area contributed by atoms with Gasteiger partial charge in [-0.2, -0.15) is 5.10 Å². The van der Waals surface area contributed by atoms with E-state index in [0.717, 1.165) is 5.56 Å². The highest BCUT2D eigenvalue weighted by molar-refractivity contribution is 5.95. The van der Waals surface area contributed by atoms with Crippen LogP contribution in [0.2, 0.25) is 0 Å². The van der Waals surface area contributed by atoms with Gasteiger partial charge in [0.15, 0.2) is 5.69 Å². The Morgan fingerprint density at radius 3 is 2.42 bits per heavy atom. The zero-order valence-electron chi connectivity index (χ0n) is 14.1. The summed E-state index contributed by atoms with van der Waals surface area (Å²) < 4.78 is 14.4. The first-order chi connectivity index (χ1) is 12.5. The second kappa shape index (κ2) is 7.60. The molecule has 2 amide bonds. The number of hydrogen-bond donors (Lipinski definition) is 2. The van der Waals surface area contributed by atoms with Crippen molar-refractivity contribution in [1.29, 1.82) is 0 Å². The van der Waals surface area contributed by atoms with E-state index in [-0.39, 0.29) is 24.0 Å². The standard InChI is InChI=1S/C19H17FN4O2/c1-13(25)22-18-11-17(23-24(18)16-5-3-2-4-6-16)19(26)21-12-14-7-9-15(20)10-8-14/h2-11H,12H2,1H3,(H,21,26)(H,22,25). The summed E-state index contributed by atoms with van der Waals surface area (Å²) in [5.74, 6) is -0.590. The molecular formula is C19H17FN4O2. The van der Waals surface area contributed by atoms with E-state index in [9.17, 15) is 14.0 Å². The Kier molecular flexibility index (Phi) is 5.07. The molecule has 3 rings (SSSR count). The number of carbonyl (C=O) groups excluding carboxylic acids is 2. The minimum atomic E-state index is -0.393. The number of aromatic nitrogens is 2. The molecule has 0 fully saturated rings. The Hall–Kier alpha value is -3.48. The summed E-state index contributed by atoms with van der Waals surface area (Å²) in [6.07, 6.45) is 0. The fourth-order valence-electron chi connectivity index (χ4n) is 2.40. The van der Waals surface area contributed by atoms with Gasteiger partial charge in [-0.25, -0.2) is 9.07 Å². The lowest BCUT2D eigenvalue weighted by molar-refractivity contribution is -0.114. The number of rotatable bonds is 5. The average Bonchev–Trinajstić information content (AvgIpc) is 3.05. The predicted molar refractivity (Wildman–Crippen MR) is 95.4 cm³/mol. The molecule has 0 radical (unpaired) electrons. The van der Waals surface area contributed by atoms with E-state index in [0.29, 0.717) is 11.5 Å². The number of halogens is 1. The fraction of sp³-hybridized carbons (Fsp3) is 0.105. The molecule has 0 spiro atoms. The van der Waals surface area contributed by atoms with Crippen molar-refractivity contribution in [2.45, 2.75) is 13.5 Å². The summed E-state index contributed by atoms with van der Waals surface area (Å²) in [6.45, 7) is 1.63. The molecule has 2 N–H and O–H groups in total. The molecule has 1 heterocycles. The first-order valence-electron chi connectivity index (χ1n) is 7.98. The van der Waals surface area contributed by atoms with Crippen LogP contribution in [0.5, 0.6) is 0 Å². The molecular weight excluding hydrogens is 335 g/mol. The summed E-state index contributed by atoms with van der Waals surface area (Å²) in [7, 11) is 0. The van der Waals surface area contributed by atoms with Crippen LogP contribution in [0.4, 0.5) is 10.2 Å². The molecule has 0 saturated carbocycles. The Labute approximate surface area is 149 Å². The van der Waals surface area contributed by atoms with Crippen LogP contribution in [-0.2, 0) is 11.3 Å². The predicted octanol–water partition coefficient (Wildman–Crippen LogP) is 2.90. The lowest BCUT2D eigenvalue weighted by Crippen LogP contribution is -2.23. The SMILES string of the molecule is CC(=O)Nc1cc(C(=O)NCc2ccc(F)cc2)nn1-c1ccccc1. The highest BCUT2D eigenvalue weighted by Crippen LogP contribution is 2.17. The first-order valence-corrected chi connectivity index (χ1v) is 7.98. The van der Waals surface area contributed by atoms with E-state index < -0.39 is 5.91 Å².